The molecule has 0 fully saturated rings. The summed E-state index contributed by atoms with van der Waals surface area (Å²) in [6.45, 7) is 2.96. The van der Waals surface area contributed by atoms with Crippen molar-refractivity contribution >= 4 is 5.69 Å². The van der Waals surface area contributed by atoms with Crippen molar-refractivity contribution in [2.75, 3.05) is 18.5 Å². The second-order valence-electron chi connectivity index (χ2n) is 5.00. The Morgan fingerprint density at radius 2 is 1.95 bits per heavy atom. The predicted octanol–water partition coefficient (Wildman–Crippen LogP) is 3.08. The molecule has 0 aliphatic carbocycles. The highest BCUT2D eigenvalue weighted by Gasteiger charge is 2.06. The largest absolute Gasteiger partial charge is 0.370 e. The Hall–Kier alpha value is -2.31. The highest BCUT2D eigenvalue weighted by atomic mass is 19.1. The molecule has 0 amide bonds. The van der Waals surface area contributed by atoms with Gasteiger partial charge in [0.1, 0.15) is 5.82 Å². The number of hydrogen-bond acceptors (Lipinski definition) is 2. The number of aryl methyl sites for hydroxylation is 1. The molecule has 0 aliphatic rings. The van der Waals surface area contributed by atoms with Crippen molar-refractivity contribution in [3.8, 4) is 11.8 Å². The van der Waals surface area contributed by atoms with E-state index >= 15 is 0 Å². The van der Waals surface area contributed by atoms with E-state index in [1.807, 2.05) is 25.2 Å². The smallest absolute Gasteiger partial charge is 0.124 e. The van der Waals surface area contributed by atoms with Gasteiger partial charge in [-0.3, -0.25) is 0 Å². The number of anilines is 1. The van der Waals surface area contributed by atoms with Gasteiger partial charge in [0.25, 0.3) is 0 Å². The van der Waals surface area contributed by atoms with Crippen molar-refractivity contribution in [3.05, 3.63) is 65.0 Å². The summed E-state index contributed by atoms with van der Waals surface area (Å²) in [7, 11) is 2.00. The van der Waals surface area contributed by atoms with Gasteiger partial charge in [0.05, 0.1) is 6.54 Å². The van der Waals surface area contributed by atoms with Gasteiger partial charge in [-0.15, -0.1) is 0 Å². The number of nitrogens with two attached hydrogens (primary N) is 1. The first kappa shape index (κ1) is 15.1. The Bertz CT molecular complexity index is 683. The topological polar surface area (TPSA) is 29.3 Å². The molecular weight excluding hydrogens is 263 g/mol. The van der Waals surface area contributed by atoms with E-state index in [9.17, 15) is 4.39 Å². The molecule has 2 aromatic carbocycles. The number of benzene rings is 2. The molecule has 3 heteroatoms. The summed E-state index contributed by atoms with van der Waals surface area (Å²) in [6.07, 6.45) is 0. The van der Waals surface area contributed by atoms with E-state index in [2.05, 4.69) is 35.8 Å². The minimum atomic E-state index is -0.271. The maximum atomic E-state index is 13.7. The quantitative estimate of drug-likeness (QED) is 0.877. The first-order valence-electron chi connectivity index (χ1n) is 6.85. The third kappa shape index (κ3) is 4.08. The average Bonchev–Trinajstić information content (AvgIpc) is 2.45. The van der Waals surface area contributed by atoms with Gasteiger partial charge >= 0.3 is 0 Å². The second-order valence-corrected chi connectivity index (χ2v) is 5.00. The summed E-state index contributed by atoms with van der Waals surface area (Å²) in [5.74, 6) is 5.36. The Labute approximate surface area is 125 Å². The van der Waals surface area contributed by atoms with Gasteiger partial charge in [0, 0.05) is 24.8 Å². The van der Waals surface area contributed by atoms with E-state index in [0.29, 0.717) is 12.1 Å². The normalized spacial score (nSPS) is 9.90. The molecule has 0 bridgehead atoms. The van der Waals surface area contributed by atoms with Gasteiger partial charge < -0.3 is 10.6 Å². The number of para-hydroxylation sites is 1. The van der Waals surface area contributed by atoms with Crippen molar-refractivity contribution < 1.29 is 4.39 Å². The monoisotopic (exact) mass is 282 g/mol. The average molecular weight is 282 g/mol. The zero-order valence-corrected chi connectivity index (χ0v) is 12.4. The fourth-order valence-electron chi connectivity index (χ4n) is 2.32. The fourth-order valence-corrected chi connectivity index (χ4v) is 2.32. The highest BCUT2D eigenvalue weighted by molar-refractivity contribution is 5.53. The first-order chi connectivity index (χ1) is 10.1. The van der Waals surface area contributed by atoms with E-state index < -0.39 is 0 Å². The molecule has 0 spiro atoms. The Morgan fingerprint density at radius 1 is 1.19 bits per heavy atom. The summed E-state index contributed by atoms with van der Waals surface area (Å²) >= 11 is 0. The van der Waals surface area contributed by atoms with Gasteiger partial charge in [0.15, 0.2) is 0 Å². The van der Waals surface area contributed by atoms with Crippen molar-refractivity contribution in [1.82, 2.24) is 0 Å². The summed E-state index contributed by atoms with van der Waals surface area (Å²) < 4.78 is 13.7. The Balaban J connectivity index is 2.23. The number of rotatable bonds is 3. The van der Waals surface area contributed by atoms with Gasteiger partial charge in [-0.2, -0.15) is 0 Å². The van der Waals surface area contributed by atoms with Crippen LogP contribution in [0.5, 0.6) is 0 Å². The number of hydrogen-bond donors (Lipinski definition) is 1. The molecule has 108 valence electrons. The van der Waals surface area contributed by atoms with Crippen LogP contribution in [0.1, 0.15) is 16.7 Å². The van der Waals surface area contributed by atoms with Crippen molar-refractivity contribution in [2.24, 2.45) is 5.73 Å². The summed E-state index contributed by atoms with van der Waals surface area (Å²) in [4.78, 5) is 2.10. The summed E-state index contributed by atoms with van der Waals surface area (Å²) in [5, 5.41) is 0. The minimum absolute atomic E-state index is 0.271. The molecule has 2 nitrogen and oxygen atoms in total. The summed E-state index contributed by atoms with van der Waals surface area (Å²) in [5.41, 5.74) is 9.23. The Morgan fingerprint density at radius 3 is 2.67 bits per heavy atom. The minimum Gasteiger partial charge on any atom is -0.370 e. The van der Waals surface area contributed by atoms with Crippen LogP contribution in [0.25, 0.3) is 0 Å². The van der Waals surface area contributed by atoms with Crippen LogP contribution in [0.4, 0.5) is 10.1 Å². The van der Waals surface area contributed by atoms with Crippen LogP contribution in [-0.4, -0.2) is 13.6 Å². The molecule has 0 saturated carbocycles. The Kier molecular flexibility index (Phi) is 4.97. The molecule has 0 unspecified atom stereocenters. The summed E-state index contributed by atoms with van der Waals surface area (Å²) in [6, 6.07) is 13.0. The van der Waals surface area contributed by atoms with Crippen LogP contribution in [0.15, 0.2) is 42.5 Å². The van der Waals surface area contributed by atoms with Crippen LogP contribution in [-0.2, 0) is 6.54 Å². The van der Waals surface area contributed by atoms with Gasteiger partial charge in [-0.1, -0.05) is 30.0 Å². The molecule has 0 aliphatic heterocycles. The third-order valence-electron chi connectivity index (χ3n) is 3.24. The molecule has 2 N–H and O–H groups in total. The highest BCUT2D eigenvalue weighted by Crippen LogP contribution is 2.20. The van der Waals surface area contributed by atoms with Crippen molar-refractivity contribution in [3.63, 3.8) is 0 Å². The second kappa shape index (κ2) is 6.92. The SMILES string of the molecule is Cc1ccccc1N(C)Cc1cc(F)cc(C#CCN)c1. The lowest BCUT2D eigenvalue weighted by atomic mass is 10.1. The van der Waals surface area contributed by atoms with Crippen LogP contribution in [0, 0.1) is 24.6 Å². The molecule has 2 aromatic rings. The number of halogens is 1. The van der Waals surface area contributed by atoms with Crippen LogP contribution >= 0.6 is 0 Å². The zero-order chi connectivity index (χ0) is 15.2. The molecule has 0 atom stereocenters. The lowest BCUT2D eigenvalue weighted by Crippen LogP contribution is -2.17. The lowest BCUT2D eigenvalue weighted by molar-refractivity contribution is 0.624. The molecule has 21 heavy (non-hydrogen) atoms. The molecule has 0 heterocycles. The van der Waals surface area contributed by atoms with E-state index in [-0.39, 0.29) is 12.4 Å². The standard InChI is InChI=1S/C18H19FN2/c1-14-6-3-4-8-18(14)21(2)13-16-10-15(7-5-9-20)11-17(19)12-16/h3-4,6,8,10-12H,9,13,20H2,1-2H3. The van der Waals surface area contributed by atoms with E-state index in [0.717, 1.165) is 11.3 Å². The molecule has 0 radical (unpaired) electrons. The number of nitrogens with zero attached hydrogens (tertiary/aromatic N) is 1. The van der Waals surface area contributed by atoms with E-state index in [1.54, 1.807) is 6.07 Å². The maximum absolute atomic E-state index is 13.7. The van der Waals surface area contributed by atoms with Crippen LogP contribution in [0.3, 0.4) is 0 Å². The van der Waals surface area contributed by atoms with E-state index in [1.165, 1.54) is 11.6 Å². The van der Waals surface area contributed by atoms with Gasteiger partial charge in [0.2, 0.25) is 0 Å². The zero-order valence-electron chi connectivity index (χ0n) is 12.4. The maximum Gasteiger partial charge on any atom is 0.124 e. The molecule has 0 saturated heterocycles. The first-order valence-corrected chi connectivity index (χ1v) is 6.85. The molecule has 0 aromatic heterocycles. The fraction of sp³-hybridized carbons (Fsp3) is 0.222. The van der Waals surface area contributed by atoms with Crippen LogP contribution in [0.2, 0.25) is 0 Å². The van der Waals surface area contributed by atoms with Crippen molar-refractivity contribution in [2.45, 2.75) is 13.5 Å². The van der Waals surface area contributed by atoms with Crippen molar-refractivity contribution in [1.29, 1.82) is 0 Å². The predicted molar refractivity (Wildman–Crippen MR) is 85.6 cm³/mol. The molecule has 2 rings (SSSR count). The van der Waals surface area contributed by atoms with E-state index in [4.69, 9.17) is 5.73 Å². The molecular formula is C18H19FN2. The third-order valence-corrected chi connectivity index (χ3v) is 3.24. The van der Waals surface area contributed by atoms with Gasteiger partial charge in [-0.25, -0.2) is 4.39 Å². The van der Waals surface area contributed by atoms with Gasteiger partial charge in [-0.05, 0) is 42.3 Å². The van der Waals surface area contributed by atoms with Crippen LogP contribution < -0.4 is 10.6 Å². The lowest BCUT2D eigenvalue weighted by Gasteiger charge is -2.21.